The smallest absolute Gasteiger partial charge is 0.266 e. The Morgan fingerprint density at radius 3 is 2.46 bits per heavy atom. The second-order valence-corrected chi connectivity index (χ2v) is 10.6. The van der Waals surface area contributed by atoms with Crippen molar-refractivity contribution in [2.24, 2.45) is 5.92 Å². The van der Waals surface area contributed by atoms with Gasteiger partial charge in [-0.25, -0.2) is 26.6 Å². The molecule has 0 amide bonds. The first-order valence-electron chi connectivity index (χ1n) is 10.6. The molecule has 0 radical (unpaired) electrons. The van der Waals surface area contributed by atoms with Gasteiger partial charge in [-0.2, -0.15) is 15.2 Å². The van der Waals surface area contributed by atoms with Crippen LogP contribution in [0, 0.1) is 23.1 Å². The maximum Gasteiger partial charge on any atom is 0.266 e. The Bertz CT molecular complexity index is 1480. The SMILES string of the molecule is COc1nc2nc(S(C)(=O)=O)nc(N[C@H](C)c3cccc(C(F)F)c3F)c2cc1C1(C#N)C[C@H]1C. The van der Waals surface area contributed by atoms with Gasteiger partial charge in [0.2, 0.25) is 15.7 Å². The number of nitrogens with one attached hydrogen (secondary N) is 1. The van der Waals surface area contributed by atoms with Crippen molar-refractivity contribution in [2.45, 2.75) is 43.3 Å². The number of halogens is 3. The van der Waals surface area contributed by atoms with Crippen molar-refractivity contribution in [1.82, 2.24) is 15.0 Å². The third-order valence-corrected chi connectivity index (χ3v) is 7.11. The predicted molar refractivity (Wildman–Crippen MR) is 121 cm³/mol. The number of aromatic nitrogens is 3. The van der Waals surface area contributed by atoms with Crippen molar-refractivity contribution in [3.05, 3.63) is 46.8 Å². The number of benzene rings is 1. The molecule has 2 heterocycles. The minimum atomic E-state index is -3.87. The van der Waals surface area contributed by atoms with E-state index < -0.39 is 44.3 Å². The summed E-state index contributed by atoms with van der Waals surface area (Å²) >= 11 is 0. The van der Waals surface area contributed by atoms with Gasteiger partial charge in [0.25, 0.3) is 11.6 Å². The van der Waals surface area contributed by atoms with E-state index in [1.165, 1.54) is 26.2 Å². The topological polar surface area (TPSA) is 118 Å². The predicted octanol–water partition coefficient (Wildman–Crippen LogP) is 4.49. The van der Waals surface area contributed by atoms with E-state index in [0.717, 1.165) is 12.3 Å². The highest BCUT2D eigenvalue weighted by atomic mass is 32.2. The molecule has 1 aliphatic carbocycles. The number of fused-ring (bicyclic) bond motifs is 1. The molecule has 1 aromatic carbocycles. The average molecular weight is 506 g/mol. The Kier molecular flexibility index (Phi) is 6.09. The van der Waals surface area contributed by atoms with Crippen LogP contribution >= 0.6 is 0 Å². The maximum atomic E-state index is 14.8. The number of pyridine rings is 1. The molecule has 1 aliphatic rings. The zero-order valence-electron chi connectivity index (χ0n) is 19.3. The van der Waals surface area contributed by atoms with Crippen LogP contribution in [0.15, 0.2) is 29.4 Å². The van der Waals surface area contributed by atoms with Crippen LogP contribution in [0.5, 0.6) is 5.88 Å². The highest BCUT2D eigenvalue weighted by molar-refractivity contribution is 7.90. The number of nitriles is 1. The third-order valence-electron chi connectivity index (χ3n) is 6.26. The number of alkyl halides is 2. The van der Waals surface area contributed by atoms with E-state index in [0.29, 0.717) is 12.0 Å². The Morgan fingerprint density at radius 1 is 1.26 bits per heavy atom. The molecular weight excluding hydrogens is 483 g/mol. The number of ether oxygens (including phenoxy) is 1. The lowest BCUT2D eigenvalue weighted by molar-refractivity contribution is 0.146. The number of sulfone groups is 1. The Labute approximate surface area is 200 Å². The van der Waals surface area contributed by atoms with Crippen LogP contribution in [0.1, 0.15) is 49.4 Å². The molecule has 2 aromatic heterocycles. The first kappa shape index (κ1) is 24.7. The highest BCUT2D eigenvalue weighted by Crippen LogP contribution is 2.56. The van der Waals surface area contributed by atoms with Crippen molar-refractivity contribution in [1.29, 1.82) is 5.26 Å². The summed E-state index contributed by atoms with van der Waals surface area (Å²) in [6.45, 7) is 3.44. The van der Waals surface area contributed by atoms with Crippen molar-refractivity contribution >= 4 is 26.7 Å². The minimum Gasteiger partial charge on any atom is -0.481 e. The molecule has 4 rings (SSSR count). The molecule has 8 nitrogen and oxygen atoms in total. The molecule has 3 aromatic rings. The van der Waals surface area contributed by atoms with Gasteiger partial charge in [-0.3, -0.25) is 0 Å². The number of methoxy groups -OCH3 is 1. The van der Waals surface area contributed by atoms with E-state index in [9.17, 15) is 26.9 Å². The first-order valence-corrected chi connectivity index (χ1v) is 12.5. The zero-order chi connectivity index (χ0) is 25.7. The number of nitrogens with zero attached hydrogens (tertiary/aromatic N) is 4. The fourth-order valence-electron chi connectivity index (χ4n) is 4.14. The second kappa shape index (κ2) is 8.64. The van der Waals surface area contributed by atoms with E-state index in [1.807, 2.05) is 6.92 Å². The van der Waals surface area contributed by atoms with Crippen molar-refractivity contribution < 1.29 is 26.3 Å². The average Bonchev–Trinajstić information content (AvgIpc) is 3.48. The summed E-state index contributed by atoms with van der Waals surface area (Å²) in [7, 11) is -2.49. The Morgan fingerprint density at radius 2 is 1.91 bits per heavy atom. The van der Waals surface area contributed by atoms with Gasteiger partial charge in [-0.1, -0.05) is 25.1 Å². The monoisotopic (exact) mass is 505 g/mol. The number of rotatable bonds is 7. The number of hydrogen-bond acceptors (Lipinski definition) is 8. The number of hydrogen-bond donors (Lipinski definition) is 1. The lowest BCUT2D eigenvalue weighted by Crippen LogP contribution is -2.15. The Balaban J connectivity index is 1.91. The van der Waals surface area contributed by atoms with E-state index in [2.05, 4.69) is 26.3 Å². The van der Waals surface area contributed by atoms with Crippen LogP contribution < -0.4 is 10.1 Å². The summed E-state index contributed by atoms with van der Waals surface area (Å²) in [4.78, 5) is 12.5. The van der Waals surface area contributed by atoms with E-state index in [-0.39, 0.29) is 34.2 Å². The summed E-state index contributed by atoms with van der Waals surface area (Å²) < 4.78 is 71.0. The van der Waals surface area contributed by atoms with Crippen LogP contribution in [-0.4, -0.2) is 36.7 Å². The van der Waals surface area contributed by atoms with Gasteiger partial charge in [0.1, 0.15) is 11.6 Å². The molecule has 12 heteroatoms. The van der Waals surface area contributed by atoms with Crippen molar-refractivity contribution in [2.75, 3.05) is 18.7 Å². The van der Waals surface area contributed by atoms with Crippen LogP contribution in [0.2, 0.25) is 0 Å². The fourth-order valence-corrected chi connectivity index (χ4v) is 4.65. The van der Waals surface area contributed by atoms with Gasteiger partial charge >= 0.3 is 0 Å². The molecule has 1 fully saturated rings. The maximum absolute atomic E-state index is 14.8. The first-order chi connectivity index (χ1) is 16.4. The molecule has 1 saturated carbocycles. The summed E-state index contributed by atoms with van der Waals surface area (Å²) in [5.74, 6) is -0.892. The molecule has 0 spiro atoms. The molecule has 1 N–H and O–H groups in total. The lowest BCUT2D eigenvalue weighted by atomic mass is 9.95. The largest absolute Gasteiger partial charge is 0.481 e. The van der Waals surface area contributed by atoms with Crippen LogP contribution in [0.4, 0.5) is 19.0 Å². The molecule has 3 atom stereocenters. The summed E-state index contributed by atoms with van der Waals surface area (Å²) in [5.41, 5.74) is -1.14. The van der Waals surface area contributed by atoms with Crippen LogP contribution in [0.3, 0.4) is 0 Å². The van der Waals surface area contributed by atoms with Gasteiger partial charge < -0.3 is 10.1 Å². The highest BCUT2D eigenvalue weighted by Gasteiger charge is 2.55. The van der Waals surface area contributed by atoms with E-state index in [4.69, 9.17) is 4.74 Å². The fraction of sp³-hybridized carbons (Fsp3) is 0.391. The molecule has 0 bridgehead atoms. The van der Waals surface area contributed by atoms with Gasteiger partial charge in [-0.05, 0) is 25.3 Å². The molecular formula is C23H22F3N5O3S. The zero-order valence-corrected chi connectivity index (χ0v) is 20.1. The van der Waals surface area contributed by atoms with Crippen molar-refractivity contribution in [3.8, 4) is 11.9 Å². The summed E-state index contributed by atoms with van der Waals surface area (Å²) in [6, 6.07) is 6.70. The molecule has 1 unspecified atom stereocenters. The quantitative estimate of drug-likeness (QED) is 0.467. The van der Waals surface area contributed by atoms with Crippen molar-refractivity contribution in [3.63, 3.8) is 0 Å². The molecule has 0 aliphatic heterocycles. The standard InChI is InChI=1S/C23H22F3N5O3S/c1-11-9-23(11,10-27)16-8-15-19(28-12(2)13-6-5-7-14(17(13)24)18(25)26)30-22(35(4,32)33)31-20(15)29-21(16)34-3/h5-8,11-12,18H,9H2,1-4H3,(H,28,29,30,31)/t11-,12-,23?/m1/s1. The normalized spacial score (nSPS) is 20.5. The molecule has 184 valence electrons. The Hall–Kier alpha value is -3.46. The van der Waals surface area contributed by atoms with Crippen LogP contribution in [-0.2, 0) is 15.3 Å². The molecule has 35 heavy (non-hydrogen) atoms. The van der Waals surface area contributed by atoms with Gasteiger partial charge in [0.15, 0.2) is 5.65 Å². The van der Waals surface area contributed by atoms with E-state index in [1.54, 1.807) is 6.07 Å². The van der Waals surface area contributed by atoms with Gasteiger partial charge in [0.05, 0.1) is 35.6 Å². The van der Waals surface area contributed by atoms with Gasteiger partial charge in [0, 0.05) is 17.4 Å². The van der Waals surface area contributed by atoms with E-state index >= 15 is 0 Å². The van der Waals surface area contributed by atoms with Crippen LogP contribution in [0.25, 0.3) is 11.0 Å². The second-order valence-electron chi connectivity index (χ2n) is 8.65. The third kappa shape index (κ3) is 4.25. The summed E-state index contributed by atoms with van der Waals surface area (Å²) in [6.07, 6.45) is -1.49. The van der Waals surface area contributed by atoms with Gasteiger partial charge in [-0.15, -0.1) is 0 Å². The molecule has 0 saturated heterocycles. The lowest BCUT2D eigenvalue weighted by Gasteiger charge is -2.20. The minimum absolute atomic E-state index is 0.00238. The number of anilines is 1. The summed E-state index contributed by atoms with van der Waals surface area (Å²) in [5, 5.41) is 12.5.